The van der Waals surface area contributed by atoms with E-state index in [9.17, 15) is 14.4 Å². The van der Waals surface area contributed by atoms with E-state index >= 15 is 0 Å². The summed E-state index contributed by atoms with van der Waals surface area (Å²) in [4.78, 5) is 40.5. The van der Waals surface area contributed by atoms with Gasteiger partial charge in [0.05, 0.1) is 12.3 Å². The summed E-state index contributed by atoms with van der Waals surface area (Å²) < 4.78 is 0. The lowest BCUT2D eigenvalue weighted by Gasteiger charge is -2.24. The maximum absolute atomic E-state index is 11.8. The van der Waals surface area contributed by atoms with Gasteiger partial charge in [0, 0.05) is 7.05 Å². The summed E-state index contributed by atoms with van der Waals surface area (Å²) in [7, 11) is 1.29. The van der Waals surface area contributed by atoms with Crippen molar-refractivity contribution in [1.29, 1.82) is 0 Å². The molecule has 18 heavy (non-hydrogen) atoms. The van der Waals surface area contributed by atoms with E-state index in [0.29, 0.717) is 12.1 Å². The van der Waals surface area contributed by atoms with Crippen molar-refractivity contribution in [2.24, 2.45) is 0 Å². The molecule has 1 fully saturated rings. The second kappa shape index (κ2) is 5.97. The van der Waals surface area contributed by atoms with Gasteiger partial charge < -0.3 is 0 Å². The van der Waals surface area contributed by atoms with E-state index in [1.807, 2.05) is 0 Å². The molecule has 0 aliphatic carbocycles. The van der Waals surface area contributed by atoms with Crippen LogP contribution in [0.25, 0.3) is 0 Å². The summed E-state index contributed by atoms with van der Waals surface area (Å²) in [5, 5.41) is 2.07. The predicted octanol–water partition coefficient (Wildman–Crippen LogP) is 0.0659. The summed E-state index contributed by atoms with van der Waals surface area (Å²) in [5.74, 6) is -1.38. The first-order valence-electron chi connectivity index (χ1n) is 5.38. The normalized spacial score (nSPS) is 18.6. The third-order valence-corrected chi connectivity index (χ3v) is 2.32. The van der Waals surface area contributed by atoms with Crippen LogP contribution in [0.4, 0.5) is 4.79 Å². The number of rotatable bonds is 5. The highest BCUT2D eigenvalue weighted by Crippen LogP contribution is 2.13. The van der Waals surface area contributed by atoms with Crippen molar-refractivity contribution in [3.8, 4) is 0 Å². The summed E-state index contributed by atoms with van der Waals surface area (Å²) >= 11 is 0. The van der Waals surface area contributed by atoms with E-state index < -0.39 is 17.8 Å². The number of imide groups is 2. The second-order valence-corrected chi connectivity index (χ2v) is 3.53. The standard InChI is InChI=1S/C11H15N3O4/c1-4-6-18-13-7(5-2)8-9(15)12-11(17)14(3)10(8)16/h4,13H,1,5-6H2,2-3H3,(H,12,15,17). The minimum Gasteiger partial charge on any atom is -0.273 e. The Morgan fingerprint density at radius 1 is 1.50 bits per heavy atom. The van der Waals surface area contributed by atoms with Crippen molar-refractivity contribution in [3.63, 3.8) is 0 Å². The van der Waals surface area contributed by atoms with Crippen molar-refractivity contribution in [3.05, 3.63) is 23.9 Å². The van der Waals surface area contributed by atoms with Crippen LogP contribution in [0.15, 0.2) is 23.9 Å². The molecule has 0 aromatic carbocycles. The first-order valence-corrected chi connectivity index (χ1v) is 5.38. The van der Waals surface area contributed by atoms with E-state index in [4.69, 9.17) is 4.84 Å². The SMILES string of the molecule is C=CCONC(CC)=C1C(=O)NC(=O)N(C)C1=O. The summed E-state index contributed by atoms with van der Waals surface area (Å²) in [6, 6.07) is -0.740. The highest BCUT2D eigenvalue weighted by atomic mass is 16.6. The number of barbiturate groups is 1. The Kier molecular flexibility index (Phi) is 4.61. The highest BCUT2D eigenvalue weighted by molar-refractivity contribution is 6.29. The van der Waals surface area contributed by atoms with E-state index in [2.05, 4.69) is 17.4 Å². The van der Waals surface area contributed by atoms with Crippen LogP contribution in [-0.4, -0.2) is 36.4 Å². The van der Waals surface area contributed by atoms with Gasteiger partial charge in [0.1, 0.15) is 5.57 Å². The van der Waals surface area contributed by atoms with Gasteiger partial charge in [0.25, 0.3) is 11.8 Å². The minimum atomic E-state index is -0.740. The van der Waals surface area contributed by atoms with Gasteiger partial charge in [-0.2, -0.15) is 0 Å². The molecule has 0 aromatic heterocycles. The lowest BCUT2D eigenvalue weighted by Crippen LogP contribution is -2.53. The molecule has 1 heterocycles. The smallest absolute Gasteiger partial charge is 0.273 e. The molecule has 0 unspecified atom stereocenters. The van der Waals surface area contributed by atoms with Crippen molar-refractivity contribution in [1.82, 2.24) is 15.7 Å². The van der Waals surface area contributed by atoms with Gasteiger partial charge in [-0.1, -0.05) is 13.0 Å². The topological polar surface area (TPSA) is 87.7 Å². The molecule has 0 radical (unpaired) electrons. The molecule has 7 heteroatoms. The fourth-order valence-electron chi connectivity index (χ4n) is 1.35. The fourth-order valence-corrected chi connectivity index (χ4v) is 1.35. The van der Waals surface area contributed by atoms with Crippen LogP contribution in [0, 0.1) is 0 Å². The summed E-state index contributed by atoms with van der Waals surface area (Å²) in [5.41, 5.74) is 2.72. The maximum atomic E-state index is 11.8. The monoisotopic (exact) mass is 253 g/mol. The molecule has 0 atom stereocenters. The number of carbonyl (C=O) groups excluding carboxylic acids is 3. The Morgan fingerprint density at radius 2 is 2.17 bits per heavy atom. The van der Waals surface area contributed by atoms with Crippen LogP contribution in [0.3, 0.4) is 0 Å². The average Bonchev–Trinajstić information content (AvgIpc) is 2.34. The van der Waals surface area contributed by atoms with E-state index in [1.54, 1.807) is 6.92 Å². The van der Waals surface area contributed by atoms with Gasteiger partial charge in [0.2, 0.25) is 0 Å². The molecule has 1 aliphatic heterocycles. The molecule has 7 nitrogen and oxygen atoms in total. The quantitative estimate of drug-likeness (QED) is 0.238. The van der Waals surface area contributed by atoms with Crippen LogP contribution in [0.2, 0.25) is 0 Å². The highest BCUT2D eigenvalue weighted by Gasteiger charge is 2.35. The van der Waals surface area contributed by atoms with Crippen LogP contribution >= 0.6 is 0 Å². The fraction of sp³-hybridized carbons (Fsp3) is 0.364. The number of hydroxylamine groups is 1. The molecule has 1 aliphatic rings. The third-order valence-electron chi connectivity index (χ3n) is 2.32. The number of carbonyl (C=O) groups is 3. The maximum Gasteiger partial charge on any atom is 0.331 e. The molecule has 0 bridgehead atoms. The van der Waals surface area contributed by atoms with Gasteiger partial charge in [0.15, 0.2) is 0 Å². The van der Waals surface area contributed by atoms with Crippen molar-refractivity contribution < 1.29 is 19.2 Å². The van der Waals surface area contributed by atoms with E-state index in [0.717, 1.165) is 4.90 Å². The Hall–Kier alpha value is -2.15. The minimum absolute atomic E-state index is 0.122. The van der Waals surface area contributed by atoms with Gasteiger partial charge in [-0.05, 0) is 6.42 Å². The van der Waals surface area contributed by atoms with E-state index in [1.165, 1.54) is 13.1 Å². The van der Waals surface area contributed by atoms with Crippen molar-refractivity contribution in [2.75, 3.05) is 13.7 Å². The second-order valence-electron chi connectivity index (χ2n) is 3.53. The number of nitrogens with one attached hydrogen (secondary N) is 2. The van der Waals surface area contributed by atoms with Gasteiger partial charge >= 0.3 is 6.03 Å². The Labute approximate surface area is 104 Å². The molecule has 4 amide bonds. The first-order chi connectivity index (χ1) is 8.52. The van der Waals surface area contributed by atoms with Gasteiger partial charge in [-0.25, -0.2) is 4.79 Å². The Balaban J connectivity index is 2.99. The van der Waals surface area contributed by atoms with Crippen molar-refractivity contribution >= 4 is 17.8 Å². The molecular formula is C11H15N3O4. The molecule has 1 saturated heterocycles. The predicted molar refractivity (Wildman–Crippen MR) is 62.9 cm³/mol. The molecular weight excluding hydrogens is 238 g/mol. The zero-order valence-electron chi connectivity index (χ0n) is 10.3. The number of hydrogen-bond acceptors (Lipinski definition) is 5. The Bertz CT molecular complexity index is 428. The summed E-state index contributed by atoms with van der Waals surface area (Å²) in [6.07, 6.45) is 1.90. The Morgan fingerprint density at radius 3 is 2.72 bits per heavy atom. The summed E-state index contributed by atoms with van der Waals surface area (Å²) in [6.45, 7) is 5.44. The van der Waals surface area contributed by atoms with Crippen LogP contribution in [0.1, 0.15) is 13.3 Å². The zero-order valence-corrected chi connectivity index (χ0v) is 10.3. The number of likely N-dealkylation sites (N-methyl/N-ethyl adjacent to an activating group) is 1. The largest absolute Gasteiger partial charge is 0.331 e. The number of hydrogen-bond donors (Lipinski definition) is 2. The van der Waals surface area contributed by atoms with Crippen molar-refractivity contribution in [2.45, 2.75) is 13.3 Å². The number of allylic oxidation sites excluding steroid dienone is 1. The number of urea groups is 1. The van der Waals surface area contributed by atoms with Gasteiger partial charge in [-0.3, -0.25) is 30.1 Å². The molecule has 2 N–H and O–H groups in total. The molecule has 98 valence electrons. The van der Waals surface area contributed by atoms with E-state index in [-0.39, 0.29) is 12.2 Å². The van der Waals surface area contributed by atoms with Gasteiger partial charge in [-0.15, -0.1) is 6.58 Å². The first kappa shape index (κ1) is 13.9. The lowest BCUT2D eigenvalue weighted by atomic mass is 10.1. The third kappa shape index (κ3) is 2.75. The molecule has 1 rings (SSSR count). The molecule has 0 spiro atoms. The van der Waals surface area contributed by atoms with Crippen LogP contribution in [-0.2, 0) is 14.4 Å². The van der Waals surface area contributed by atoms with Crippen LogP contribution in [0.5, 0.6) is 0 Å². The number of nitrogens with zero attached hydrogens (tertiary/aromatic N) is 1. The molecule has 0 aromatic rings. The number of amides is 4. The molecule has 0 saturated carbocycles. The average molecular weight is 253 g/mol. The lowest BCUT2D eigenvalue weighted by molar-refractivity contribution is -0.129. The zero-order chi connectivity index (χ0) is 13.7. The van der Waals surface area contributed by atoms with Crippen LogP contribution < -0.4 is 10.8 Å².